The summed E-state index contributed by atoms with van der Waals surface area (Å²) in [6.07, 6.45) is 13.9. The van der Waals surface area contributed by atoms with Crippen LogP contribution in [0.3, 0.4) is 0 Å². The van der Waals surface area contributed by atoms with E-state index in [-0.39, 0.29) is 10.8 Å². The standard InChI is InChI=1S/C42H50N2/c1-9-29-44-38-20-13-12-19-37(38)42(7,8)39(44)28-25-34-17-14-16-33(40(34)43-35-26-21-30(2)22-27-35)24-23-32(4)41(5,6)36-18-11-10-15-31(36)3/h10-13,15,18-28H,9,14,16-17,29H2,1-8H3/p+1/b32-23-,33-24+. The molecule has 44 heavy (non-hydrogen) atoms. The molecule has 1 N–H and O–H groups in total. The SMILES string of the molecule is CCC[N+]1=C(/C=C/C2=C(Nc3ccc(C)cc3)C(=C/C=C(/C)C(C)(C)c3ccccc3C)/CCC2)C(C)(C)c2ccccc21. The minimum Gasteiger partial charge on any atom is -0.355 e. The summed E-state index contributed by atoms with van der Waals surface area (Å²) in [5, 5.41) is 3.87. The number of aryl methyl sites for hydroxylation is 2. The molecule has 228 valence electrons. The highest BCUT2D eigenvalue weighted by molar-refractivity contribution is 6.03. The van der Waals surface area contributed by atoms with Gasteiger partial charge in [-0.15, -0.1) is 0 Å². The normalized spacial score (nSPS) is 18.0. The van der Waals surface area contributed by atoms with Crippen LogP contribution in [0.5, 0.6) is 0 Å². The average Bonchev–Trinajstić information content (AvgIpc) is 3.22. The maximum atomic E-state index is 3.87. The third-order valence-corrected chi connectivity index (χ3v) is 9.88. The van der Waals surface area contributed by atoms with Gasteiger partial charge in [-0.2, -0.15) is 4.58 Å². The number of nitrogens with zero attached hydrogens (tertiary/aromatic N) is 1. The smallest absolute Gasteiger partial charge is 0.209 e. The number of rotatable bonds is 9. The molecule has 2 aliphatic rings. The fourth-order valence-electron chi connectivity index (χ4n) is 6.91. The number of nitrogens with one attached hydrogen (secondary N) is 1. The van der Waals surface area contributed by atoms with Crippen LogP contribution in [0.1, 0.15) is 89.5 Å². The summed E-state index contributed by atoms with van der Waals surface area (Å²) in [6, 6.07) is 26.5. The van der Waals surface area contributed by atoms with Crippen LogP contribution in [0.25, 0.3) is 0 Å². The lowest BCUT2D eigenvalue weighted by Gasteiger charge is -2.29. The van der Waals surface area contributed by atoms with Crippen LogP contribution in [0.15, 0.2) is 120 Å². The molecule has 0 spiro atoms. The Kier molecular flexibility index (Phi) is 9.30. The van der Waals surface area contributed by atoms with Gasteiger partial charge in [0, 0.05) is 40.9 Å². The molecule has 1 aliphatic heterocycles. The van der Waals surface area contributed by atoms with E-state index in [0.717, 1.165) is 37.9 Å². The molecule has 0 aromatic heterocycles. The van der Waals surface area contributed by atoms with Gasteiger partial charge < -0.3 is 5.32 Å². The second kappa shape index (κ2) is 13.0. The topological polar surface area (TPSA) is 15.0 Å². The minimum atomic E-state index is -0.0451. The summed E-state index contributed by atoms with van der Waals surface area (Å²) in [4.78, 5) is 0. The number of anilines is 1. The largest absolute Gasteiger partial charge is 0.355 e. The Labute approximate surface area is 266 Å². The molecule has 3 aromatic carbocycles. The first-order valence-electron chi connectivity index (χ1n) is 16.5. The Morgan fingerprint density at radius 3 is 2.34 bits per heavy atom. The molecule has 0 radical (unpaired) electrons. The van der Waals surface area contributed by atoms with Crippen LogP contribution < -0.4 is 5.32 Å². The van der Waals surface area contributed by atoms with Gasteiger partial charge in [0.1, 0.15) is 6.54 Å². The molecule has 3 aromatic rings. The van der Waals surface area contributed by atoms with E-state index < -0.39 is 0 Å². The van der Waals surface area contributed by atoms with Crippen molar-refractivity contribution in [1.82, 2.24) is 0 Å². The van der Waals surface area contributed by atoms with E-state index in [0.29, 0.717) is 0 Å². The lowest BCUT2D eigenvalue weighted by molar-refractivity contribution is -0.437. The van der Waals surface area contributed by atoms with Crippen molar-refractivity contribution in [2.45, 2.75) is 91.9 Å². The maximum Gasteiger partial charge on any atom is 0.209 e. The van der Waals surface area contributed by atoms with Gasteiger partial charge in [0.2, 0.25) is 5.69 Å². The molecule has 0 amide bonds. The first-order valence-corrected chi connectivity index (χ1v) is 16.5. The molecule has 1 heterocycles. The zero-order chi connectivity index (χ0) is 31.5. The van der Waals surface area contributed by atoms with Crippen molar-refractivity contribution in [2.24, 2.45) is 0 Å². The van der Waals surface area contributed by atoms with Gasteiger partial charge in [-0.05, 0) is 88.3 Å². The first-order chi connectivity index (χ1) is 21.0. The highest BCUT2D eigenvalue weighted by atomic mass is 15.1. The number of fused-ring (bicyclic) bond motifs is 1. The van der Waals surface area contributed by atoms with Crippen LogP contribution in [-0.4, -0.2) is 16.8 Å². The summed E-state index contributed by atoms with van der Waals surface area (Å²) in [5.74, 6) is 0. The average molecular weight is 584 g/mol. The van der Waals surface area contributed by atoms with Crippen molar-refractivity contribution < 1.29 is 4.58 Å². The Hall–Kier alpha value is -3.91. The van der Waals surface area contributed by atoms with Crippen LogP contribution in [0.4, 0.5) is 11.4 Å². The Morgan fingerprint density at radius 1 is 0.909 bits per heavy atom. The monoisotopic (exact) mass is 583 g/mol. The Bertz CT molecular complexity index is 1670. The van der Waals surface area contributed by atoms with E-state index >= 15 is 0 Å². The zero-order valence-corrected chi connectivity index (χ0v) is 28.2. The fraction of sp³-hybridized carbons (Fsp3) is 0.357. The number of hydrogen-bond donors (Lipinski definition) is 1. The summed E-state index contributed by atoms with van der Waals surface area (Å²) < 4.78 is 2.54. The second-order valence-electron chi connectivity index (χ2n) is 13.7. The van der Waals surface area contributed by atoms with Crippen molar-refractivity contribution in [3.8, 4) is 0 Å². The van der Waals surface area contributed by atoms with E-state index in [9.17, 15) is 0 Å². The maximum absolute atomic E-state index is 3.87. The number of para-hydroxylation sites is 1. The van der Waals surface area contributed by atoms with Crippen molar-refractivity contribution in [3.63, 3.8) is 0 Å². The highest BCUT2D eigenvalue weighted by Crippen LogP contribution is 2.41. The predicted octanol–water partition coefficient (Wildman–Crippen LogP) is 11.0. The number of allylic oxidation sites excluding steroid dienone is 7. The van der Waals surface area contributed by atoms with E-state index in [2.05, 4.69) is 162 Å². The molecule has 0 atom stereocenters. The molecule has 0 saturated heterocycles. The Morgan fingerprint density at radius 2 is 1.61 bits per heavy atom. The quantitative estimate of drug-likeness (QED) is 0.248. The third-order valence-electron chi connectivity index (χ3n) is 9.88. The van der Waals surface area contributed by atoms with Crippen LogP contribution in [-0.2, 0) is 10.8 Å². The molecule has 0 saturated carbocycles. The molecule has 0 bridgehead atoms. The molecule has 2 nitrogen and oxygen atoms in total. The van der Waals surface area contributed by atoms with Gasteiger partial charge in [-0.3, -0.25) is 0 Å². The lowest BCUT2D eigenvalue weighted by Crippen LogP contribution is -2.28. The summed E-state index contributed by atoms with van der Waals surface area (Å²) in [5.41, 5.74) is 14.6. The van der Waals surface area contributed by atoms with E-state index in [1.54, 1.807) is 0 Å². The number of benzene rings is 3. The van der Waals surface area contributed by atoms with Crippen LogP contribution >= 0.6 is 0 Å². The molecule has 0 unspecified atom stereocenters. The van der Waals surface area contributed by atoms with Gasteiger partial charge in [0.15, 0.2) is 5.71 Å². The van der Waals surface area contributed by atoms with Gasteiger partial charge >= 0.3 is 0 Å². The molecule has 5 rings (SSSR count). The molecular weight excluding hydrogens is 532 g/mol. The van der Waals surface area contributed by atoms with E-state index in [1.165, 1.54) is 56.1 Å². The fourth-order valence-corrected chi connectivity index (χ4v) is 6.91. The van der Waals surface area contributed by atoms with Crippen LogP contribution in [0, 0.1) is 13.8 Å². The van der Waals surface area contributed by atoms with Crippen molar-refractivity contribution in [1.29, 1.82) is 0 Å². The first kappa shape index (κ1) is 31.5. The Balaban J connectivity index is 1.57. The van der Waals surface area contributed by atoms with Crippen molar-refractivity contribution in [2.75, 3.05) is 11.9 Å². The van der Waals surface area contributed by atoms with Crippen molar-refractivity contribution >= 4 is 17.1 Å². The van der Waals surface area contributed by atoms with E-state index in [4.69, 9.17) is 0 Å². The lowest BCUT2D eigenvalue weighted by atomic mass is 9.76. The predicted molar refractivity (Wildman–Crippen MR) is 190 cm³/mol. The number of hydrogen-bond acceptors (Lipinski definition) is 1. The van der Waals surface area contributed by atoms with Gasteiger partial charge in [0.25, 0.3) is 0 Å². The van der Waals surface area contributed by atoms with E-state index in [1.807, 2.05) is 0 Å². The summed E-state index contributed by atoms with van der Waals surface area (Å²) in [7, 11) is 0. The van der Waals surface area contributed by atoms with Gasteiger partial charge in [0.05, 0.1) is 5.41 Å². The summed E-state index contributed by atoms with van der Waals surface area (Å²) >= 11 is 0. The zero-order valence-electron chi connectivity index (χ0n) is 28.2. The molecule has 1 aliphatic carbocycles. The third kappa shape index (κ3) is 6.32. The van der Waals surface area contributed by atoms with Crippen LogP contribution in [0.2, 0.25) is 0 Å². The molecule has 0 fully saturated rings. The molecular formula is C42H51N2+. The van der Waals surface area contributed by atoms with Gasteiger partial charge in [-0.25, -0.2) is 0 Å². The van der Waals surface area contributed by atoms with Crippen molar-refractivity contribution in [3.05, 3.63) is 142 Å². The van der Waals surface area contributed by atoms with Gasteiger partial charge in [-0.1, -0.05) is 105 Å². The highest BCUT2D eigenvalue weighted by Gasteiger charge is 2.43. The summed E-state index contributed by atoms with van der Waals surface area (Å²) in [6.45, 7) is 19.4. The minimum absolute atomic E-state index is 0.0400. The second-order valence-corrected chi connectivity index (χ2v) is 13.7. The molecule has 2 heteroatoms.